The SMILES string of the molecule is N#Cc1cc(F)c(CCl)nc1C(F)F. The Bertz CT molecular complexity index is 387. The van der Waals surface area contributed by atoms with Gasteiger partial charge in [0.1, 0.15) is 17.6 Å². The van der Waals surface area contributed by atoms with Gasteiger partial charge < -0.3 is 0 Å². The van der Waals surface area contributed by atoms with Gasteiger partial charge >= 0.3 is 0 Å². The average molecular weight is 221 g/mol. The number of rotatable bonds is 2. The molecule has 0 bridgehead atoms. The molecule has 1 aromatic heterocycles. The minimum Gasteiger partial charge on any atom is -0.246 e. The second kappa shape index (κ2) is 4.29. The monoisotopic (exact) mass is 220 g/mol. The molecule has 0 aliphatic heterocycles. The summed E-state index contributed by atoms with van der Waals surface area (Å²) in [6, 6.07) is 2.16. The summed E-state index contributed by atoms with van der Waals surface area (Å²) < 4.78 is 37.5. The van der Waals surface area contributed by atoms with E-state index in [-0.39, 0.29) is 11.6 Å². The predicted molar refractivity (Wildman–Crippen MR) is 43.4 cm³/mol. The molecule has 0 fully saturated rings. The third kappa shape index (κ3) is 1.96. The zero-order chi connectivity index (χ0) is 10.7. The van der Waals surface area contributed by atoms with Crippen LogP contribution in [0.2, 0.25) is 0 Å². The molecule has 0 saturated carbocycles. The van der Waals surface area contributed by atoms with Gasteiger partial charge in [-0.05, 0) is 6.07 Å². The Kier molecular flexibility index (Phi) is 3.31. The molecule has 0 saturated heterocycles. The van der Waals surface area contributed by atoms with Crippen LogP contribution in [0.4, 0.5) is 13.2 Å². The highest BCUT2D eigenvalue weighted by atomic mass is 35.5. The van der Waals surface area contributed by atoms with Crippen molar-refractivity contribution < 1.29 is 13.2 Å². The Morgan fingerprint density at radius 1 is 1.57 bits per heavy atom. The van der Waals surface area contributed by atoms with Crippen molar-refractivity contribution in [3.05, 3.63) is 28.8 Å². The first-order valence-corrected chi connectivity index (χ1v) is 4.07. The van der Waals surface area contributed by atoms with Gasteiger partial charge in [-0.25, -0.2) is 18.2 Å². The maximum Gasteiger partial charge on any atom is 0.281 e. The molecular formula is C8H4ClF3N2. The van der Waals surface area contributed by atoms with Gasteiger partial charge in [0, 0.05) is 0 Å². The maximum absolute atomic E-state index is 12.9. The van der Waals surface area contributed by atoms with E-state index in [1.54, 1.807) is 0 Å². The number of hydrogen-bond donors (Lipinski definition) is 0. The Morgan fingerprint density at radius 2 is 2.21 bits per heavy atom. The second-order valence-corrected chi connectivity index (χ2v) is 2.66. The summed E-state index contributed by atoms with van der Waals surface area (Å²) >= 11 is 5.27. The van der Waals surface area contributed by atoms with E-state index >= 15 is 0 Å². The highest BCUT2D eigenvalue weighted by Gasteiger charge is 2.18. The quantitative estimate of drug-likeness (QED) is 0.719. The van der Waals surface area contributed by atoms with E-state index in [0.29, 0.717) is 6.07 Å². The highest BCUT2D eigenvalue weighted by molar-refractivity contribution is 6.16. The van der Waals surface area contributed by atoms with E-state index < -0.39 is 23.5 Å². The van der Waals surface area contributed by atoms with Crippen LogP contribution in [-0.2, 0) is 5.88 Å². The summed E-state index contributed by atoms with van der Waals surface area (Å²) in [6.45, 7) is 0. The van der Waals surface area contributed by atoms with Gasteiger partial charge in [0.25, 0.3) is 6.43 Å². The van der Waals surface area contributed by atoms with Crippen LogP contribution in [0, 0.1) is 17.1 Å². The van der Waals surface area contributed by atoms with Crippen molar-refractivity contribution in [2.45, 2.75) is 12.3 Å². The Labute approximate surface area is 82.9 Å². The number of pyridine rings is 1. The van der Waals surface area contributed by atoms with Gasteiger partial charge in [-0.15, -0.1) is 11.6 Å². The third-order valence-electron chi connectivity index (χ3n) is 1.53. The summed E-state index contributed by atoms with van der Waals surface area (Å²) in [5.74, 6) is -1.15. The fourth-order valence-electron chi connectivity index (χ4n) is 0.893. The third-order valence-corrected chi connectivity index (χ3v) is 1.78. The van der Waals surface area contributed by atoms with Crippen molar-refractivity contribution in [2.75, 3.05) is 0 Å². The largest absolute Gasteiger partial charge is 0.281 e. The van der Waals surface area contributed by atoms with Crippen LogP contribution >= 0.6 is 11.6 Å². The number of nitriles is 1. The Balaban J connectivity index is 3.34. The molecule has 0 unspecified atom stereocenters. The van der Waals surface area contributed by atoms with E-state index in [4.69, 9.17) is 16.9 Å². The zero-order valence-corrected chi connectivity index (χ0v) is 7.52. The molecule has 0 aliphatic carbocycles. The van der Waals surface area contributed by atoms with E-state index in [2.05, 4.69) is 4.98 Å². The van der Waals surface area contributed by atoms with Crippen molar-refractivity contribution in [1.29, 1.82) is 5.26 Å². The van der Waals surface area contributed by atoms with Crippen LogP contribution in [0.3, 0.4) is 0 Å². The van der Waals surface area contributed by atoms with Crippen LogP contribution in [0.5, 0.6) is 0 Å². The normalized spacial score (nSPS) is 10.3. The summed E-state index contributed by atoms with van der Waals surface area (Å²) in [5, 5.41) is 8.43. The first-order chi connectivity index (χ1) is 6.60. The number of halogens is 4. The number of alkyl halides is 3. The second-order valence-electron chi connectivity index (χ2n) is 2.40. The average Bonchev–Trinajstić information content (AvgIpc) is 2.16. The summed E-state index contributed by atoms with van der Waals surface area (Å²) in [7, 11) is 0. The lowest BCUT2D eigenvalue weighted by Crippen LogP contribution is -2.02. The predicted octanol–water partition coefficient (Wildman–Crippen LogP) is 2.77. The number of hydrogen-bond acceptors (Lipinski definition) is 2. The fourth-order valence-corrected chi connectivity index (χ4v) is 1.08. The molecule has 0 aliphatic rings. The standard InChI is InChI=1S/C8H4ClF3N2/c9-2-6-5(10)1-4(3-13)7(14-6)8(11)12/h1,8H,2H2. The molecular weight excluding hydrogens is 217 g/mol. The lowest BCUT2D eigenvalue weighted by atomic mass is 10.2. The maximum atomic E-state index is 12.9. The summed E-state index contributed by atoms with van der Waals surface area (Å²) in [5.41, 5.74) is -1.48. The van der Waals surface area contributed by atoms with Crippen LogP contribution in [0.25, 0.3) is 0 Å². The minimum absolute atomic E-state index is 0.277. The molecule has 14 heavy (non-hydrogen) atoms. The summed E-state index contributed by atoms with van der Waals surface area (Å²) in [6.07, 6.45) is -2.91. The van der Waals surface area contributed by atoms with E-state index in [9.17, 15) is 13.2 Å². The van der Waals surface area contributed by atoms with Crippen molar-refractivity contribution in [2.24, 2.45) is 0 Å². The Morgan fingerprint density at radius 3 is 2.64 bits per heavy atom. The molecule has 2 nitrogen and oxygen atoms in total. The van der Waals surface area contributed by atoms with E-state index in [1.165, 1.54) is 6.07 Å². The molecule has 0 amide bonds. The first-order valence-electron chi connectivity index (χ1n) is 3.53. The van der Waals surface area contributed by atoms with E-state index in [0.717, 1.165) is 0 Å². The Hall–Kier alpha value is -1.28. The topological polar surface area (TPSA) is 36.7 Å². The summed E-state index contributed by atoms with van der Waals surface area (Å²) in [4.78, 5) is 3.28. The van der Waals surface area contributed by atoms with Gasteiger partial charge in [-0.2, -0.15) is 5.26 Å². The number of nitrogens with zero attached hydrogens (tertiary/aromatic N) is 2. The molecule has 1 rings (SSSR count). The van der Waals surface area contributed by atoms with Gasteiger partial charge in [0.2, 0.25) is 0 Å². The van der Waals surface area contributed by atoms with Crippen LogP contribution in [0.1, 0.15) is 23.4 Å². The van der Waals surface area contributed by atoms with Gasteiger partial charge in [-0.1, -0.05) is 0 Å². The number of aromatic nitrogens is 1. The van der Waals surface area contributed by atoms with Crippen molar-refractivity contribution in [1.82, 2.24) is 4.98 Å². The molecule has 0 spiro atoms. The van der Waals surface area contributed by atoms with Crippen LogP contribution in [-0.4, -0.2) is 4.98 Å². The lowest BCUT2D eigenvalue weighted by Gasteiger charge is -2.04. The van der Waals surface area contributed by atoms with Crippen molar-refractivity contribution in [3.63, 3.8) is 0 Å². The molecule has 1 aromatic rings. The molecule has 74 valence electrons. The minimum atomic E-state index is -2.91. The highest BCUT2D eigenvalue weighted by Crippen LogP contribution is 2.22. The smallest absolute Gasteiger partial charge is 0.246 e. The van der Waals surface area contributed by atoms with E-state index in [1.807, 2.05) is 0 Å². The fraction of sp³-hybridized carbons (Fsp3) is 0.250. The molecule has 0 aromatic carbocycles. The van der Waals surface area contributed by atoms with Crippen molar-refractivity contribution in [3.8, 4) is 6.07 Å². The molecule has 1 heterocycles. The molecule has 0 radical (unpaired) electrons. The molecule has 0 N–H and O–H groups in total. The lowest BCUT2D eigenvalue weighted by molar-refractivity contribution is 0.145. The first kappa shape index (κ1) is 10.8. The molecule has 6 heteroatoms. The van der Waals surface area contributed by atoms with Gasteiger partial charge in [0.15, 0.2) is 0 Å². The van der Waals surface area contributed by atoms with Crippen LogP contribution < -0.4 is 0 Å². The molecule has 0 atom stereocenters. The van der Waals surface area contributed by atoms with Gasteiger partial charge in [0.05, 0.1) is 17.1 Å². The van der Waals surface area contributed by atoms with Crippen LogP contribution in [0.15, 0.2) is 6.07 Å². The van der Waals surface area contributed by atoms with Crippen molar-refractivity contribution >= 4 is 11.6 Å². The van der Waals surface area contributed by atoms with Gasteiger partial charge in [-0.3, -0.25) is 0 Å². The zero-order valence-electron chi connectivity index (χ0n) is 6.77.